The Kier molecular flexibility index (Phi) is 8.62. The molecular formula is C23H27F6N2O4S2+. The van der Waals surface area contributed by atoms with Crippen molar-refractivity contribution in [1.82, 2.24) is 0 Å². The minimum absolute atomic E-state index is 0.153. The summed E-state index contributed by atoms with van der Waals surface area (Å²) in [6.07, 6.45) is 4.01. The summed E-state index contributed by atoms with van der Waals surface area (Å²) in [6, 6.07) is 5.69. The third-order valence-electron chi connectivity index (χ3n) is 5.98. The highest BCUT2D eigenvalue weighted by Crippen LogP contribution is 2.47. The Balaban J connectivity index is 0.000000458. The van der Waals surface area contributed by atoms with E-state index in [0.29, 0.717) is 0 Å². The molecule has 0 heterocycles. The SMILES string of the molecule is CCCC[N+](C)(C)CC.N=C1C2=Cc3ccccc3C2=CC(S(=O)(=O)C(F)(F)F)=C1S(=O)(=O)C(F)(F)F. The second-order valence-corrected chi connectivity index (χ2v) is 12.8. The number of rotatable bonds is 6. The number of allylic oxidation sites excluding steroid dienone is 4. The first-order chi connectivity index (χ1) is 16.7. The standard InChI is InChI=1S/C15H7F6NO4S2.C8H20N/c16-14(17,18)27(23,24)11-6-9-8-4-2-1-3-7(8)5-10(9)12(22)13(11)28(25,26)15(19,20)21;1-5-7-8-9(3,4)6-2/h1-6,22H;5-8H2,1-4H3/q;+1. The van der Waals surface area contributed by atoms with Gasteiger partial charge in [0, 0.05) is 5.57 Å². The number of hydrogen-bond acceptors (Lipinski definition) is 5. The average molecular weight is 574 g/mol. The number of halogens is 6. The Bertz CT molecular complexity index is 1380. The molecule has 0 saturated carbocycles. The molecule has 0 aromatic heterocycles. The minimum Gasteiger partial charge on any atom is -0.329 e. The Morgan fingerprint density at radius 2 is 1.38 bits per heavy atom. The lowest BCUT2D eigenvalue weighted by atomic mass is 9.95. The molecule has 14 heteroatoms. The van der Waals surface area contributed by atoms with Crippen molar-refractivity contribution >= 4 is 37.0 Å². The highest BCUT2D eigenvalue weighted by atomic mass is 32.2. The van der Waals surface area contributed by atoms with Crippen molar-refractivity contribution in [2.75, 3.05) is 27.2 Å². The lowest BCUT2D eigenvalue weighted by molar-refractivity contribution is -0.888. The van der Waals surface area contributed by atoms with Crippen LogP contribution in [0, 0.1) is 5.41 Å². The van der Waals surface area contributed by atoms with Gasteiger partial charge >= 0.3 is 11.0 Å². The van der Waals surface area contributed by atoms with Crippen molar-refractivity contribution in [3.05, 3.63) is 56.9 Å². The van der Waals surface area contributed by atoms with Crippen LogP contribution in [-0.2, 0) is 19.7 Å². The molecule has 6 nitrogen and oxygen atoms in total. The van der Waals surface area contributed by atoms with Gasteiger partial charge in [-0.2, -0.15) is 26.3 Å². The van der Waals surface area contributed by atoms with E-state index in [2.05, 4.69) is 27.9 Å². The molecule has 206 valence electrons. The van der Waals surface area contributed by atoms with Crippen LogP contribution >= 0.6 is 0 Å². The van der Waals surface area contributed by atoms with Crippen molar-refractivity contribution in [2.45, 2.75) is 37.7 Å². The van der Waals surface area contributed by atoms with Crippen molar-refractivity contribution in [3.8, 4) is 0 Å². The molecule has 1 N–H and O–H groups in total. The molecule has 0 bridgehead atoms. The molecular weight excluding hydrogens is 546 g/mol. The maximum atomic E-state index is 13.0. The number of quaternary nitrogens is 1. The fourth-order valence-corrected chi connectivity index (χ4v) is 5.96. The van der Waals surface area contributed by atoms with E-state index in [1.807, 2.05) is 0 Å². The highest BCUT2D eigenvalue weighted by Gasteiger charge is 2.57. The van der Waals surface area contributed by atoms with E-state index in [0.717, 1.165) is 6.08 Å². The zero-order chi connectivity index (χ0) is 28.6. The van der Waals surface area contributed by atoms with Gasteiger partial charge in [-0.05, 0) is 42.2 Å². The number of alkyl halides is 6. The topological polar surface area (TPSA) is 92.1 Å². The first kappa shape index (κ1) is 30.8. The summed E-state index contributed by atoms with van der Waals surface area (Å²) in [5, 5.41) is 7.82. The lowest BCUT2D eigenvalue weighted by Gasteiger charge is -2.27. The summed E-state index contributed by atoms with van der Waals surface area (Å²) in [4.78, 5) is -4.38. The lowest BCUT2D eigenvalue weighted by Crippen LogP contribution is -2.39. The first-order valence-electron chi connectivity index (χ1n) is 11.0. The van der Waals surface area contributed by atoms with Gasteiger partial charge in [0.15, 0.2) is 0 Å². The van der Waals surface area contributed by atoms with Gasteiger partial charge < -0.3 is 4.48 Å². The van der Waals surface area contributed by atoms with Crippen molar-refractivity contribution in [2.24, 2.45) is 0 Å². The van der Waals surface area contributed by atoms with Gasteiger partial charge in [-0.1, -0.05) is 37.6 Å². The molecule has 0 unspecified atom stereocenters. The predicted octanol–water partition coefficient (Wildman–Crippen LogP) is 5.46. The Morgan fingerprint density at radius 1 is 0.838 bits per heavy atom. The number of unbranched alkanes of at least 4 members (excludes halogenated alkanes) is 1. The van der Waals surface area contributed by atoms with Gasteiger partial charge in [0.25, 0.3) is 19.7 Å². The van der Waals surface area contributed by atoms with Crippen molar-refractivity contribution in [3.63, 3.8) is 0 Å². The molecule has 0 spiro atoms. The van der Waals surface area contributed by atoms with E-state index in [1.165, 1.54) is 54.7 Å². The first-order valence-corrected chi connectivity index (χ1v) is 14.0. The van der Waals surface area contributed by atoms with Gasteiger partial charge in [0.1, 0.15) is 4.91 Å². The highest BCUT2D eigenvalue weighted by molar-refractivity contribution is 8.00. The number of hydrogen-bond donors (Lipinski definition) is 1. The summed E-state index contributed by atoms with van der Waals surface area (Å²) < 4.78 is 127. The van der Waals surface area contributed by atoms with Crippen molar-refractivity contribution in [1.29, 1.82) is 5.41 Å². The van der Waals surface area contributed by atoms with E-state index in [9.17, 15) is 43.2 Å². The summed E-state index contributed by atoms with van der Waals surface area (Å²) in [7, 11) is -8.51. The normalized spacial score (nSPS) is 16.4. The largest absolute Gasteiger partial charge is 0.502 e. The van der Waals surface area contributed by atoms with Crippen LogP contribution in [0.15, 0.2) is 45.7 Å². The van der Waals surface area contributed by atoms with E-state index in [4.69, 9.17) is 5.41 Å². The molecule has 37 heavy (non-hydrogen) atoms. The van der Waals surface area contributed by atoms with Crippen LogP contribution in [0.5, 0.6) is 0 Å². The van der Waals surface area contributed by atoms with Gasteiger partial charge in [-0.3, -0.25) is 5.41 Å². The molecule has 0 aliphatic heterocycles. The molecule has 3 rings (SSSR count). The molecule has 2 aliphatic carbocycles. The smallest absolute Gasteiger partial charge is 0.329 e. The number of sulfone groups is 2. The van der Waals surface area contributed by atoms with Crippen molar-refractivity contribution < 1.29 is 47.7 Å². The summed E-state index contributed by atoms with van der Waals surface area (Å²) in [6.45, 7) is 7.07. The predicted molar refractivity (Wildman–Crippen MR) is 130 cm³/mol. The Morgan fingerprint density at radius 3 is 1.86 bits per heavy atom. The van der Waals surface area contributed by atoms with E-state index in [-0.39, 0.29) is 22.8 Å². The van der Waals surface area contributed by atoms with Crippen LogP contribution in [-0.4, -0.2) is 65.2 Å². The molecule has 1 aromatic rings. The van der Waals surface area contributed by atoms with E-state index >= 15 is 0 Å². The zero-order valence-electron chi connectivity index (χ0n) is 20.5. The molecule has 1 aromatic carbocycles. The summed E-state index contributed by atoms with van der Waals surface area (Å²) >= 11 is 0. The molecule has 0 radical (unpaired) electrons. The second-order valence-electron chi connectivity index (χ2n) is 9.00. The molecule has 2 aliphatic rings. The van der Waals surface area contributed by atoms with Crippen LogP contribution in [0.4, 0.5) is 26.3 Å². The number of nitrogens with one attached hydrogen (secondary N) is 1. The number of benzene rings is 1. The maximum absolute atomic E-state index is 13.0. The van der Waals surface area contributed by atoms with Gasteiger partial charge in [-0.25, -0.2) is 16.8 Å². The van der Waals surface area contributed by atoms with Crippen LogP contribution < -0.4 is 0 Å². The zero-order valence-corrected chi connectivity index (χ0v) is 22.1. The summed E-state index contributed by atoms with van der Waals surface area (Å²) in [5.74, 6) is 0. The fourth-order valence-electron chi connectivity index (χ4n) is 3.50. The average Bonchev–Trinajstić information content (AvgIpc) is 3.15. The second kappa shape index (κ2) is 10.4. The Labute approximate surface area is 211 Å². The van der Waals surface area contributed by atoms with E-state index in [1.54, 1.807) is 0 Å². The maximum Gasteiger partial charge on any atom is 0.502 e. The fraction of sp³-hybridized carbons (Fsp3) is 0.435. The van der Waals surface area contributed by atoms with Gasteiger partial charge in [-0.15, -0.1) is 0 Å². The third-order valence-corrected chi connectivity index (χ3v) is 9.19. The summed E-state index contributed by atoms with van der Waals surface area (Å²) in [5.41, 5.74) is -13.9. The van der Waals surface area contributed by atoms with Crippen LogP contribution in [0.1, 0.15) is 37.8 Å². The molecule has 0 fully saturated rings. The molecule has 0 atom stereocenters. The van der Waals surface area contributed by atoms with E-state index < -0.39 is 51.8 Å². The molecule has 0 saturated heterocycles. The molecule has 0 amide bonds. The van der Waals surface area contributed by atoms with Gasteiger partial charge in [0.2, 0.25) is 0 Å². The minimum atomic E-state index is -6.58. The van der Waals surface area contributed by atoms with Crippen LogP contribution in [0.3, 0.4) is 0 Å². The Hall–Kier alpha value is -2.45. The van der Waals surface area contributed by atoms with Crippen LogP contribution in [0.25, 0.3) is 11.6 Å². The number of nitrogens with zero attached hydrogens (tertiary/aromatic N) is 1. The number of fused-ring (bicyclic) bond motifs is 3. The van der Waals surface area contributed by atoms with Gasteiger partial charge in [0.05, 0.1) is 37.8 Å². The monoisotopic (exact) mass is 573 g/mol. The third kappa shape index (κ3) is 6.01. The van der Waals surface area contributed by atoms with Crippen LogP contribution in [0.2, 0.25) is 0 Å². The quantitative estimate of drug-likeness (QED) is 0.361.